The fourth-order valence-electron chi connectivity index (χ4n) is 2.09. The molecule has 0 fully saturated rings. The second-order valence-corrected chi connectivity index (χ2v) is 4.37. The van der Waals surface area contributed by atoms with Gasteiger partial charge in [0.1, 0.15) is 5.76 Å². The van der Waals surface area contributed by atoms with Crippen LogP contribution in [0.15, 0.2) is 4.52 Å². The summed E-state index contributed by atoms with van der Waals surface area (Å²) in [5.74, 6) is -0.261. The Kier molecular flexibility index (Phi) is 2.96. The third-order valence-corrected chi connectivity index (χ3v) is 3.08. The van der Waals surface area contributed by atoms with Crippen LogP contribution in [0.2, 0.25) is 0 Å². The summed E-state index contributed by atoms with van der Waals surface area (Å²) in [7, 11) is 0. The van der Waals surface area contributed by atoms with Gasteiger partial charge >= 0.3 is 5.97 Å². The van der Waals surface area contributed by atoms with Gasteiger partial charge in [-0.3, -0.25) is 0 Å². The maximum atomic E-state index is 10.9. The van der Waals surface area contributed by atoms with E-state index in [1.807, 2.05) is 0 Å². The van der Waals surface area contributed by atoms with Crippen LogP contribution >= 0.6 is 0 Å². The highest BCUT2D eigenvalue weighted by molar-refractivity contribution is 5.87. The van der Waals surface area contributed by atoms with Gasteiger partial charge in [-0.15, -0.1) is 0 Å². The summed E-state index contributed by atoms with van der Waals surface area (Å²) in [5.41, 5.74) is 0.858. The third-order valence-electron chi connectivity index (χ3n) is 3.08. The van der Waals surface area contributed by atoms with Crippen molar-refractivity contribution in [2.45, 2.75) is 32.7 Å². The monoisotopic (exact) mass is 224 g/mol. The summed E-state index contributed by atoms with van der Waals surface area (Å²) < 4.78 is 5.10. The topological polar surface area (TPSA) is 66.6 Å². The molecule has 1 aliphatic heterocycles. The smallest absolute Gasteiger partial charge is 0.358 e. The molecule has 5 heteroatoms. The zero-order chi connectivity index (χ0) is 11.7. The van der Waals surface area contributed by atoms with Gasteiger partial charge in [0.25, 0.3) is 0 Å². The van der Waals surface area contributed by atoms with Crippen molar-refractivity contribution in [3.8, 4) is 0 Å². The molecule has 5 nitrogen and oxygen atoms in total. The van der Waals surface area contributed by atoms with Crippen molar-refractivity contribution in [1.82, 2.24) is 10.1 Å². The predicted molar refractivity (Wildman–Crippen MR) is 57.6 cm³/mol. The zero-order valence-electron chi connectivity index (χ0n) is 9.56. The Balaban J connectivity index is 2.22. The fraction of sp³-hybridized carbons (Fsp3) is 0.636. The van der Waals surface area contributed by atoms with Crippen LogP contribution in [0.4, 0.5) is 0 Å². The van der Waals surface area contributed by atoms with Crippen LogP contribution in [-0.2, 0) is 12.8 Å². The van der Waals surface area contributed by atoms with Crippen molar-refractivity contribution in [2.24, 2.45) is 0 Å². The standard InChI is InChI=1S/C11H16N2O3/c1-7(2)13-5-3-8-9(4-6-13)16-12-10(8)11(14)15/h7H,3-6H2,1-2H3,(H,14,15). The lowest BCUT2D eigenvalue weighted by Crippen LogP contribution is -2.33. The SMILES string of the molecule is CC(C)N1CCc2onc(C(=O)O)c2CC1. The van der Waals surface area contributed by atoms with Crippen molar-refractivity contribution in [2.75, 3.05) is 13.1 Å². The molecular weight excluding hydrogens is 208 g/mol. The Morgan fingerprint density at radius 1 is 1.44 bits per heavy atom. The second-order valence-electron chi connectivity index (χ2n) is 4.37. The molecule has 0 aliphatic carbocycles. The summed E-state index contributed by atoms with van der Waals surface area (Å²) in [4.78, 5) is 13.2. The highest BCUT2D eigenvalue weighted by Gasteiger charge is 2.25. The summed E-state index contributed by atoms with van der Waals surface area (Å²) in [5, 5.41) is 12.6. The minimum Gasteiger partial charge on any atom is -0.476 e. The van der Waals surface area contributed by atoms with E-state index in [4.69, 9.17) is 9.63 Å². The van der Waals surface area contributed by atoms with Gasteiger partial charge in [-0.2, -0.15) is 0 Å². The van der Waals surface area contributed by atoms with E-state index in [2.05, 4.69) is 23.9 Å². The van der Waals surface area contributed by atoms with E-state index in [0.717, 1.165) is 30.8 Å². The van der Waals surface area contributed by atoms with Crippen LogP contribution in [0.1, 0.15) is 35.7 Å². The average molecular weight is 224 g/mol. The first-order chi connectivity index (χ1) is 7.59. The van der Waals surface area contributed by atoms with Crippen molar-refractivity contribution in [3.05, 3.63) is 17.0 Å². The van der Waals surface area contributed by atoms with E-state index < -0.39 is 5.97 Å². The highest BCUT2D eigenvalue weighted by Crippen LogP contribution is 2.20. The molecule has 0 saturated heterocycles. The lowest BCUT2D eigenvalue weighted by atomic mass is 10.1. The molecule has 1 aromatic rings. The van der Waals surface area contributed by atoms with Crippen molar-refractivity contribution in [1.29, 1.82) is 0 Å². The number of carboxylic acids is 1. The molecule has 0 saturated carbocycles. The van der Waals surface area contributed by atoms with Crippen LogP contribution < -0.4 is 0 Å². The highest BCUT2D eigenvalue weighted by atomic mass is 16.5. The molecule has 0 bridgehead atoms. The van der Waals surface area contributed by atoms with Crippen molar-refractivity contribution in [3.63, 3.8) is 0 Å². The van der Waals surface area contributed by atoms with E-state index in [1.54, 1.807) is 0 Å². The molecule has 0 aromatic carbocycles. The van der Waals surface area contributed by atoms with Crippen molar-refractivity contribution >= 4 is 5.97 Å². The molecule has 0 amide bonds. The minimum absolute atomic E-state index is 0.0839. The van der Waals surface area contributed by atoms with Gasteiger partial charge in [-0.25, -0.2) is 4.79 Å². The molecule has 0 spiro atoms. The molecule has 2 heterocycles. The number of aromatic carboxylic acids is 1. The molecule has 1 aromatic heterocycles. The van der Waals surface area contributed by atoms with Crippen LogP contribution in [-0.4, -0.2) is 40.3 Å². The van der Waals surface area contributed by atoms with Crippen LogP contribution in [0.5, 0.6) is 0 Å². The number of fused-ring (bicyclic) bond motifs is 1. The maximum absolute atomic E-state index is 10.9. The Morgan fingerprint density at radius 2 is 2.12 bits per heavy atom. The summed E-state index contributed by atoms with van der Waals surface area (Å²) in [6.45, 7) is 6.05. The molecule has 1 N–H and O–H groups in total. The normalized spacial score (nSPS) is 17.2. The Labute approximate surface area is 94.0 Å². The van der Waals surface area contributed by atoms with Crippen molar-refractivity contribution < 1.29 is 14.4 Å². The van der Waals surface area contributed by atoms with Gasteiger partial charge in [-0.1, -0.05) is 5.16 Å². The molecule has 2 rings (SSSR count). The Morgan fingerprint density at radius 3 is 2.75 bits per heavy atom. The molecule has 0 atom stereocenters. The number of hydrogen-bond acceptors (Lipinski definition) is 4. The van der Waals surface area contributed by atoms with Gasteiger partial charge in [0.15, 0.2) is 5.69 Å². The second kappa shape index (κ2) is 4.25. The molecule has 16 heavy (non-hydrogen) atoms. The zero-order valence-corrected chi connectivity index (χ0v) is 9.56. The van der Waals surface area contributed by atoms with Gasteiger partial charge in [0, 0.05) is 31.1 Å². The van der Waals surface area contributed by atoms with E-state index in [9.17, 15) is 4.79 Å². The van der Waals surface area contributed by atoms with Crippen LogP contribution in [0.25, 0.3) is 0 Å². The average Bonchev–Trinajstić information content (AvgIpc) is 2.50. The molecule has 1 aliphatic rings. The summed E-state index contributed by atoms with van der Waals surface area (Å²) >= 11 is 0. The Hall–Kier alpha value is -1.36. The third kappa shape index (κ3) is 1.95. The Bertz CT molecular complexity index is 398. The first-order valence-electron chi connectivity index (χ1n) is 5.54. The molecule has 0 unspecified atom stereocenters. The first kappa shape index (κ1) is 11.1. The number of carboxylic acid groups (broad SMARTS) is 1. The van der Waals surface area contributed by atoms with Crippen LogP contribution in [0.3, 0.4) is 0 Å². The van der Waals surface area contributed by atoms with Gasteiger partial charge in [0.05, 0.1) is 0 Å². The largest absolute Gasteiger partial charge is 0.476 e. The molecule has 0 radical (unpaired) electrons. The van der Waals surface area contributed by atoms with E-state index in [1.165, 1.54) is 0 Å². The summed E-state index contributed by atoms with van der Waals surface area (Å²) in [6, 6.07) is 0.477. The number of aromatic nitrogens is 1. The van der Waals surface area contributed by atoms with E-state index in [0.29, 0.717) is 12.5 Å². The quantitative estimate of drug-likeness (QED) is 0.817. The predicted octanol–water partition coefficient (Wildman–Crippen LogP) is 1.18. The van der Waals surface area contributed by atoms with Gasteiger partial charge < -0.3 is 14.5 Å². The van der Waals surface area contributed by atoms with E-state index in [-0.39, 0.29) is 5.69 Å². The number of nitrogens with zero attached hydrogens (tertiary/aromatic N) is 2. The number of carbonyl (C=O) groups is 1. The van der Waals surface area contributed by atoms with Gasteiger partial charge in [-0.05, 0) is 20.3 Å². The fourth-order valence-corrected chi connectivity index (χ4v) is 2.09. The maximum Gasteiger partial charge on any atom is 0.358 e. The lowest BCUT2D eigenvalue weighted by Gasteiger charge is -2.23. The number of rotatable bonds is 2. The minimum atomic E-state index is -0.997. The lowest BCUT2D eigenvalue weighted by molar-refractivity contribution is 0.0684. The molecule has 88 valence electrons. The first-order valence-corrected chi connectivity index (χ1v) is 5.54. The van der Waals surface area contributed by atoms with Gasteiger partial charge in [0.2, 0.25) is 0 Å². The molecular formula is C11H16N2O3. The summed E-state index contributed by atoms with van der Waals surface area (Å²) in [6.07, 6.45) is 1.45. The number of hydrogen-bond donors (Lipinski definition) is 1. The van der Waals surface area contributed by atoms with Crippen LogP contribution in [0, 0.1) is 0 Å². The van der Waals surface area contributed by atoms with E-state index >= 15 is 0 Å².